The predicted octanol–water partition coefficient (Wildman–Crippen LogP) is 2.61. The van der Waals surface area contributed by atoms with Crippen LogP contribution in [0.2, 0.25) is 0 Å². The Hall–Kier alpha value is -3.26. The summed E-state index contributed by atoms with van der Waals surface area (Å²) in [5.41, 5.74) is 0.177. The minimum absolute atomic E-state index is 0.219. The SMILES string of the molecule is N#CC(=Cc1ccc(O)c(O)c1)C(=O)Oc1ccccc1. The summed E-state index contributed by atoms with van der Waals surface area (Å²) in [6.07, 6.45) is 1.27. The van der Waals surface area contributed by atoms with E-state index in [1.54, 1.807) is 36.4 Å². The van der Waals surface area contributed by atoms with Crippen molar-refractivity contribution in [3.8, 4) is 23.3 Å². The highest BCUT2D eigenvalue weighted by atomic mass is 16.5. The van der Waals surface area contributed by atoms with E-state index in [-0.39, 0.29) is 17.1 Å². The van der Waals surface area contributed by atoms with Gasteiger partial charge in [-0.3, -0.25) is 0 Å². The van der Waals surface area contributed by atoms with E-state index >= 15 is 0 Å². The van der Waals surface area contributed by atoms with Gasteiger partial charge in [-0.1, -0.05) is 24.3 Å². The van der Waals surface area contributed by atoms with Gasteiger partial charge in [0.05, 0.1) is 0 Å². The number of rotatable bonds is 3. The van der Waals surface area contributed by atoms with Crippen LogP contribution < -0.4 is 4.74 Å². The second-order valence-electron chi connectivity index (χ2n) is 4.12. The van der Waals surface area contributed by atoms with Gasteiger partial charge in [-0.2, -0.15) is 5.26 Å². The largest absolute Gasteiger partial charge is 0.504 e. The highest BCUT2D eigenvalue weighted by molar-refractivity contribution is 5.99. The van der Waals surface area contributed by atoms with Gasteiger partial charge >= 0.3 is 5.97 Å². The summed E-state index contributed by atoms with van der Waals surface area (Å²) in [5.74, 6) is -1.08. The number of carbonyl (C=O) groups excluding carboxylic acids is 1. The van der Waals surface area contributed by atoms with Gasteiger partial charge in [0.15, 0.2) is 11.5 Å². The molecule has 0 aromatic heterocycles. The van der Waals surface area contributed by atoms with E-state index in [1.165, 1.54) is 24.3 Å². The lowest BCUT2D eigenvalue weighted by molar-refractivity contribution is -0.129. The van der Waals surface area contributed by atoms with Gasteiger partial charge < -0.3 is 14.9 Å². The average molecular weight is 281 g/mol. The summed E-state index contributed by atoms with van der Waals surface area (Å²) in [6, 6.07) is 14.1. The molecular weight excluding hydrogens is 270 g/mol. The Morgan fingerprint density at radius 1 is 1.10 bits per heavy atom. The third kappa shape index (κ3) is 3.61. The standard InChI is InChI=1S/C16H11NO4/c17-10-12(8-11-6-7-14(18)15(19)9-11)16(20)21-13-4-2-1-3-5-13/h1-9,18-19H. The molecule has 0 unspecified atom stereocenters. The molecular formula is C16H11NO4. The van der Waals surface area contributed by atoms with E-state index in [9.17, 15) is 15.0 Å². The van der Waals surface area contributed by atoms with Crippen LogP contribution >= 0.6 is 0 Å². The molecule has 5 heteroatoms. The summed E-state index contributed by atoms with van der Waals surface area (Å²) in [4.78, 5) is 11.9. The van der Waals surface area contributed by atoms with Crippen molar-refractivity contribution in [1.82, 2.24) is 0 Å². The molecule has 5 nitrogen and oxygen atoms in total. The van der Waals surface area contributed by atoms with Crippen LogP contribution in [0.1, 0.15) is 5.56 Å². The van der Waals surface area contributed by atoms with E-state index < -0.39 is 5.97 Å². The molecule has 2 rings (SSSR count). The predicted molar refractivity (Wildman–Crippen MR) is 75.4 cm³/mol. The van der Waals surface area contributed by atoms with E-state index in [2.05, 4.69) is 0 Å². The van der Waals surface area contributed by atoms with E-state index in [1.807, 2.05) is 0 Å². The third-order valence-corrected chi connectivity index (χ3v) is 2.60. The molecule has 0 atom stereocenters. The fourth-order valence-electron chi connectivity index (χ4n) is 1.58. The van der Waals surface area contributed by atoms with Crippen molar-refractivity contribution in [2.24, 2.45) is 0 Å². The maximum absolute atomic E-state index is 11.9. The Morgan fingerprint density at radius 2 is 1.81 bits per heavy atom. The Morgan fingerprint density at radius 3 is 2.43 bits per heavy atom. The number of nitrogens with zero attached hydrogens (tertiary/aromatic N) is 1. The van der Waals surface area contributed by atoms with Crippen molar-refractivity contribution in [2.75, 3.05) is 0 Å². The van der Waals surface area contributed by atoms with Crippen molar-refractivity contribution in [1.29, 1.82) is 5.26 Å². The molecule has 0 radical (unpaired) electrons. The van der Waals surface area contributed by atoms with Crippen molar-refractivity contribution in [3.05, 3.63) is 59.7 Å². The summed E-state index contributed by atoms with van der Waals surface area (Å²) in [5, 5.41) is 27.6. The molecule has 2 N–H and O–H groups in total. The number of carbonyl (C=O) groups is 1. The van der Waals surface area contributed by atoms with Crippen molar-refractivity contribution in [3.63, 3.8) is 0 Å². The topological polar surface area (TPSA) is 90.5 Å². The van der Waals surface area contributed by atoms with Gasteiger partial charge in [-0.05, 0) is 35.9 Å². The molecule has 0 aliphatic carbocycles. The molecule has 0 fully saturated rings. The zero-order valence-electron chi connectivity index (χ0n) is 10.9. The highest BCUT2D eigenvalue weighted by Gasteiger charge is 2.12. The van der Waals surface area contributed by atoms with Crippen LogP contribution in [-0.2, 0) is 4.79 Å². The van der Waals surface area contributed by atoms with Crippen LogP contribution in [0.5, 0.6) is 17.2 Å². The van der Waals surface area contributed by atoms with Gasteiger partial charge in [0.25, 0.3) is 0 Å². The minimum Gasteiger partial charge on any atom is -0.504 e. The minimum atomic E-state index is -0.795. The molecule has 0 bridgehead atoms. The first-order valence-corrected chi connectivity index (χ1v) is 6.01. The van der Waals surface area contributed by atoms with Gasteiger partial charge in [0.1, 0.15) is 17.4 Å². The molecule has 0 saturated heterocycles. The Labute approximate surface area is 121 Å². The van der Waals surface area contributed by atoms with Crippen molar-refractivity contribution >= 4 is 12.0 Å². The first-order valence-electron chi connectivity index (χ1n) is 6.01. The second kappa shape index (κ2) is 6.26. The van der Waals surface area contributed by atoms with Gasteiger partial charge in [-0.15, -0.1) is 0 Å². The van der Waals surface area contributed by atoms with E-state index in [0.717, 1.165) is 0 Å². The van der Waals surface area contributed by atoms with Crippen molar-refractivity contribution < 1.29 is 19.7 Å². The zero-order valence-corrected chi connectivity index (χ0v) is 10.9. The van der Waals surface area contributed by atoms with Gasteiger partial charge in [-0.25, -0.2) is 4.79 Å². The Bertz CT molecular complexity index is 730. The van der Waals surface area contributed by atoms with Gasteiger partial charge in [0, 0.05) is 0 Å². The van der Waals surface area contributed by atoms with Crippen molar-refractivity contribution in [2.45, 2.75) is 0 Å². The molecule has 0 saturated carbocycles. The molecule has 0 heterocycles. The smallest absolute Gasteiger partial charge is 0.354 e. The van der Waals surface area contributed by atoms with Crippen LogP contribution in [0.3, 0.4) is 0 Å². The maximum Gasteiger partial charge on any atom is 0.354 e. The fourth-order valence-corrected chi connectivity index (χ4v) is 1.58. The normalized spacial score (nSPS) is 10.7. The molecule has 0 aliphatic rings. The number of ether oxygens (including phenoxy) is 1. The molecule has 2 aromatic rings. The van der Waals surface area contributed by atoms with Crippen LogP contribution in [-0.4, -0.2) is 16.2 Å². The lowest BCUT2D eigenvalue weighted by Crippen LogP contribution is -2.09. The maximum atomic E-state index is 11.9. The number of phenols is 2. The molecule has 0 spiro atoms. The summed E-state index contributed by atoms with van der Waals surface area (Å²) < 4.78 is 5.05. The lowest BCUT2D eigenvalue weighted by atomic mass is 10.1. The Kier molecular flexibility index (Phi) is 4.22. The number of aromatic hydroxyl groups is 2. The molecule has 0 aliphatic heterocycles. The summed E-state index contributed by atoms with van der Waals surface area (Å²) >= 11 is 0. The fraction of sp³-hybridized carbons (Fsp3) is 0. The summed E-state index contributed by atoms with van der Waals surface area (Å²) in [6.45, 7) is 0. The zero-order chi connectivity index (χ0) is 15.2. The molecule has 21 heavy (non-hydrogen) atoms. The number of hydrogen-bond acceptors (Lipinski definition) is 5. The number of benzene rings is 2. The highest BCUT2D eigenvalue weighted by Crippen LogP contribution is 2.26. The number of hydrogen-bond donors (Lipinski definition) is 2. The molecule has 2 aromatic carbocycles. The average Bonchev–Trinajstić information content (AvgIpc) is 2.49. The lowest BCUT2D eigenvalue weighted by Gasteiger charge is -2.03. The van der Waals surface area contributed by atoms with Crippen LogP contribution in [0.25, 0.3) is 6.08 Å². The number of para-hydroxylation sites is 1. The third-order valence-electron chi connectivity index (χ3n) is 2.60. The Balaban J connectivity index is 2.22. The first-order chi connectivity index (χ1) is 10.1. The monoisotopic (exact) mass is 281 g/mol. The number of phenolic OH excluding ortho intramolecular Hbond substituents is 2. The molecule has 0 amide bonds. The quantitative estimate of drug-likeness (QED) is 0.297. The second-order valence-corrected chi connectivity index (χ2v) is 4.12. The summed E-state index contributed by atoms with van der Waals surface area (Å²) in [7, 11) is 0. The van der Waals surface area contributed by atoms with Crippen LogP contribution in [0.4, 0.5) is 0 Å². The van der Waals surface area contributed by atoms with Gasteiger partial charge in [0.2, 0.25) is 0 Å². The van der Waals surface area contributed by atoms with E-state index in [0.29, 0.717) is 11.3 Å². The molecule has 104 valence electrons. The van der Waals surface area contributed by atoms with E-state index in [4.69, 9.17) is 10.00 Å². The number of esters is 1. The van der Waals surface area contributed by atoms with Crippen LogP contribution in [0, 0.1) is 11.3 Å². The van der Waals surface area contributed by atoms with Crippen LogP contribution in [0.15, 0.2) is 54.1 Å². The first kappa shape index (κ1) is 14.2. The number of nitriles is 1.